The van der Waals surface area contributed by atoms with Crippen molar-refractivity contribution in [2.45, 2.75) is 6.92 Å². The Morgan fingerprint density at radius 2 is 2.24 bits per heavy atom. The highest BCUT2D eigenvalue weighted by Gasteiger charge is 2.26. The number of amides is 1. The highest BCUT2D eigenvalue weighted by atomic mass is 16.5. The van der Waals surface area contributed by atoms with Gasteiger partial charge in [-0.2, -0.15) is 5.26 Å². The fourth-order valence-electron chi connectivity index (χ4n) is 2.81. The second kappa shape index (κ2) is 6.20. The van der Waals surface area contributed by atoms with Crippen LogP contribution in [-0.4, -0.2) is 36.7 Å². The van der Waals surface area contributed by atoms with E-state index in [9.17, 15) is 14.9 Å². The van der Waals surface area contributed by atoms with E-state index >= 15 is 0 Å². The Labute approximate surface area is 143 Å². The average Bonchev–Trinajstić information content (AvgIpc) is 2.97. The zero-order valence-corrected chi connectivity index (χ0v) is 13.8. The predicted octanol–water partition coefficient (Wildman–Crippen LogP) is 1.46. The fraction of sp³-hybridized carbons (Fsp3) is 0.235. The van der Waals surface area contributed by atoms with E-state index in [1.807, 2.05) is 13.0 Å². The minimum Gasteiger partial charge on any atom is -0.481 e. The number of benzene rings is 1. The molecule has 25 heavy (non-hydrogen) atoms. The molecule has 0 aliphatic carbocycles. The van der Waals surface area contributed by atoms with Crippen molar-refractivity contribution in [2.75, 3.05) is 30.9 Å². The number of aromatic nitrogens is 1. The molecule has 2 N–H and O–H groups in total. The molecule has 2 aromatic rings. The molecule has 2 heterocycles. The van der Waals surface area contributed by atoms with Crippen molar-refractivity contribution < 1.29 is 19.1 Å². The van der Waals surface area contributed by atoms with Crippen molar-refractivity contribution in [1.82, 2.24) is 4.57 Å². The number of methoxy groups -OCH3 is 1. The van der Waals surface area contributed by atoms with Gasteiger partial charge in [0.15, 0.2) is 12.3 Å². The highest BCUT2D eigenvalue weighted by Crippen LogP contribution is 2.35. The van der Waals surface area contributed by atoms with Crippen LogP contribution in [0.4, 0.5) is 11.4 Å². The van der Waals surface area contributed by atoms with E-state index < -0.39 is 5.97 Å². The van der Waals surface area contributed by atoms with Crippen molar-refractivity contribution in [3.8, 4) is 17.5 Å². The summed E-state index contributed by atoms with van der Waals surface area (Å²) >= 11 is 0. The summed E-state index contributed by atoms with van der Waals surface area (Å²) in [4.78, 5) is 25.6. The first-order chi connectivity index (χ1) is 12.0. The number of nitrogens with zero attached hydrogens (tertiary/aromatic N) is 3. The van der Waals surface area contributed by atoms with Crippen LogP contribution in [0.15, 0.2) is 24.4 Å². The highest BCUT2D eigenvalue weighted by molar-refractivity contribution is 5.98. The number of carbonyl (C=O) groups is 2. The number of rotatable bonds is 3. The van der Waals surface area contributed by atoms with E-state index in [1.54, 1.807) is 23.1 Å². The Morgan fingerprint density at radius 1 is 1.48 bits per heavy atom. The molecule has 3 rings (SSSR count). The number of likely N-dealkylation sites (N-methyl/N-ethyl adjacent to an activating group) is 1. The van der Waals surface area contributed by atoms with E-state index in [1.165, 1.54) is 17.9 Å². The number of nitrogens with two attached hydrogens (primary N) is 1. The summed E-state index contributed by atoms with van der Waals surface area (Å²) in [6, 6.07) is 7.09. The van der Waals surface area contributed by atoms with Gasteiger partial charge in [0.1, 0.15) is 11.8 Å². The number of nitriles is 1. The minimum absolute atomic E-state index is 0.0502. The lowest BCUT2D eigenvalue weighted by atomic mass is 10.2. The number of hydrogen-bond acceptors (Lipinski definition) is 6. The van der Waals surface area contributed by atoms with Crippen LogP contribution in [0.3, 0.4) is 0 Å². The topological polar surface area (TPSA) is 111 Å². The van der Waals surface area contributed by atoms with Gasteiger partial charge < -0.3 is 24.7 Å². The molecule has 0 saturated heterocycles. The van der Waals surface area contributed by atoms with E-state index in [-0.39, 0.29) is 29.5 Å². The Kier molecular flexibility index (Phi) is 4.07. The molecule has 0 bridgehead atoms. The molecule has 1 aromatic carbocycles. The molecule has 0 saturated carbocycles. The fourth-order valence-corrected chi connectivity index (χ4v) is 2.81. The van der Waals surface area contributed by atoms with Gasteiger partial charge in [0, 0.05) is 24.5 Å². The molecule has 0 unspecified atom stereocenters. The first-order valence-electron chi connectivity index (χ1n) is 7.58. The van der Waals surface area contributed by atoms with E-state index in [0.29, 0.717) is 23.7 Å². The molecule has 0 spiro atoms. The lowest BCUT2D eigenvalue weighted by Gasteiger charge is -2.28. The molecule has 0 fully saturated rings. The van der Waals surface area contributed by atoms with Crippen LogP contribution in [0, 0.1) is 11.3 Å². The van der Waals surface area contributed by atoms with Crippen molar-refractivity contribution in [2.24, 2.45) is 0 Å². The van der Waals surface area contributed by atoms with Gasteiger partial charge >= 0.3 is 5.97 Å². The second-order valence-electron chi connectivity index (χ2n) is 5.36. The molecular weight excluding hydrogens is 324 g/mol. The van der Waals surface area contributed by atoms with Crippen LogP contribution < -0.4 is 15.4 Å². The first kappa shape index (κ1) is 16.4. The quantitative estimate of drug-likeness (QED) is 0.847. The predicted molar refractivity (Wildman–Crippen MR) is 89.8 cm³/mol. The van der Waals surface area contributed by atoms with Crippen molar-refractivity contribution >= 4 is 23.3 Å². The maximum atomic E-state index is 12.1. The van der Waals surface area contributed by atoms with Crippen LogP contribution in [0.5, 0.6) is 5.75 Å². The van der Waals surface area contributed by atoms with Crippen molar-refractivity contribution in [3.63, 3.8) is 0 Å². The van der Waals surface area contributed by atoms with Gasteiger partial charge in [-0.15, -0.1) is 0 Å². The first-order valence-corrected chi connectivity index (χ1v) is 7.58. The van der Waals surface area contributed by atoms with Gasteiger partial charge in [-0.25, -0.2) is 4.79 Å². The molecule has 1 aliphatic heterocycles. The number of ether oxygens (including phenoxy) is 2. The maximum absolute atomic E-state index is 12.1. The zero-order chi connectivity index (χ0) is 18.1. The number of anilines is 2. The standard InChI is InChI=1S/C17H16N4O4/c1-3-20-12-5-4-11(6-13(12)25-9-14(20)22)21-8-10(7-18)15(19)16(21)17(23)24-2/h4-6,8H,3,9,19H2,1-2H3. The van der Waals surface area contributed by atoms with Gasteiger partial charge in [0.25, 0.3) is 5.91 Å². The zero-order valence-electron chi connectivity index (χ0n) is 13.8. The van der Waals surface area contributed by atoms with Crippen LogP contribution in [-0.2, 0) is 9.53 Å². The molecule has 8 heteroatoms. The molecule has 8 nitrogen and oxygen atoms in total. The third-order valence-electron chi connectivity index (χ3n) is 4.02. The van der Waals surface area contributed by atoms with Crippen LogP contribution in [0.2, 0.25) is 0 Å². The monoisotopic (exact) mass is 340 g/mol. The van der Waals surface area contributed by atoms with E-state index in [4.69, 9.17) is 15.2 Å². The van der Waals surface area contributed by atoms with Crippen molar-refractivity contribution in [1.29, 1.82) is 5.26 Å². The van der Waals surface area contributed by atoms with Crippen molar-refractivity contribution in [3.05, 3.63) is 35.7 Å². The smallest absolute Gasteiger partial charge is 0.357 e. The molecule has 0 radical (unpaired) electrons. The Bertz CT molecular complexity index is 910. The summed E-state index contributed by atoms with van der Waals surface area (Å²) in [5.74, 6) is -0.251. The van der Waals surface area contributed by atoms with E-state index in [2.05, 4.69) is 0 Å². The largest absolute Gasteiger partial charge is 0.481 e. The van der Waals surface area contributed by atoms with Crippen LogP contribution in [0.25, 0.3) is 5.69 Å². The third kappa shape index (κ3) is 2.55. The Morgan fingerprint density at radius 3 is 2.88 bits per heavy atom. The summed E-state index contributed by atoms with van der Waals surface area (Å²) < 4.78 is 11.8. The van der Waals surface area contributed by atoms with Gasteiger partial charge in [0.2, 0.25) is 0 Å². The van der Waals surface area contributed by atoms with Gasteiger partial charge in [-0.05, 0) is 19.1 Å². The summed E-state index contributed by atoms with van der Waals surface area (Å²) in [6.07, 6.45) is 1.47. The molecular formula is C17H16N4O4. The normalized spacial score (nSPS) is 13.0. The minimum atomic E-state index is -0.650. The molecule has 1 aromatic heterocycles. The maximum Gasteiger partial charge on any atom is 0.357 e. The number of hydrogen-bond donors (Lipinski definition) is 1. The van der Waals surface area contributed by atoms with Gasteiger partial charge in [0.05, 0.1) is 24.0 Å². The molecule has 128 valence electrons. The third-order valence-corrected chi connectivity index (χ3v) is 4.02. The summed E-state index contributed by atoms with van der Waals surface area (Å²) in [5, 5.41) is 9.18. The number of fused-ring (bicyclic) bond motifs is 1. The second-order valence-corrected chi connectivity index (χ2v) is 5.36. The summed E-state index contributed by atoms with van der Waals surface area (Å²) in [7, 11) is 1.24. The molecule has 1 aliphatic rings. The SMILES string of the molecule is CCN1C(=O)COc2cc(-n3cc(C#N)c(N)c3C(=O)OC)ccc21. The average molecular weight is 340 g/mol. The number of esters is 1. The van der Waals surface area contributed by atoms with Gasteiger partial charge in [-0.1, -0.05) is 0 Å². The van der Waals surface area contributed by atoms with Crippen LogP contribution in [0.1, 0.15) is 23.0 Å². The van der Waals surface area contributed by atoms with Crippen LogP contribution >= 0.6 is 0 Å². The summed E-state index contributed by atoms with van der Waals surface area (Å²) in [5.41, 5.74) is 7.42. The molecule has 1 amide bonds. The lowest BCUT2D eigenvalue weighted by Crippen LogP contribution is -2.38. The van der Waals surface area contributed by atoms with E-state index in [0.717, 1.165) is 0 Å². The lowest BCUT2D eigenvalue weighted by molar-refractivity contribution is -0.121. The Balaban J connectivity index is 2.14. The number of carbonyl (C=O) groups excluding carboxylic acids is 2. The van der Waals surface area contributed by atoms with Gasteiger partial charge in [-0.3, -0.25) is 4.79 Å². The number of nitrogen functional groups attached to an aromatic ring is 1. The molecule has 0 atom stereocenters. The summed E-state index contributed by atoms with van der Waals surface area (Å²) in [6.45, 7) is 2.35. The Hall–Kier alpha value is -3.47.